The second-order valence-corrected chi connectivity index (χ2v) is 7.78. The summed E-state index contributed by atoms with van der Waals surface area (Å²) in [6.45, 7) is 0.378. The first-order valence-electron chi connectivity index (χ1n) is 8.88. The average Bonchev–Trinajstić information content (AvgIpc) is 3.24. The summed E-state index contributed by atoms with van der Waals surface area (Å²) in [4.78, 5) is 32.5. The Balaban J connectivity index is 1.44. The van der Waals surface area contributed by atoms with Crippen molar-refractivity contribution in [1.29, 1.82) is 0 Å². The van der Waals surface area contributed by atoms with E-state index in [9.17, 15) is 9.59 Å². The van der Waals surface area contributed by atoms with E-state index >= 15 is 0 Å². The van der Waals surface area contributed by atoms with E-state index in [0.29, 0.717) is 17.4 Å². The molecule has 1 atom stereocenters. The zero-order valence-corrected chi connectivity index (χ0v) is 15.5. The molecule has 26 heavy (non-hydrogen) atoms. The summed E-state index contributed by atoms with van der Waals surface area (Å²) >= 11 is 1.57. The fourth-order valence-electron chi connectivity index (χ4n) is 3.52. The molecule has 6 nitrogen and oxygen atoms in total. The number of ether oxygens (including phenoxy) is 1. The van der Waals surface area contributed by atoms with E-state index in [2.05, 4.69) is 10.3 Å². The third-order valence-corrected chi connectivity index (χ3v) is 6.01. The van der Waals surface area contributed by atoms with E-state index in [4.69, 9.17) is 4.74 Å². The number of nitrogens with one attached hydrogen (secondary N) is 1. The first-order chi connectivity index (χ1) is 12.6. The number of anilines is 2. The van der Waals surface area contributed by atoms with Crippen molar-refractivity contribution in [3.63, 3.8) is 0 Å². The molecular formula is C19H21N3O3S. The van der Waals surface area contributed by atoms with Crippen LogP contribution in [0.15, 0.2) is 24.3 Å². The van der Waals surface area contributed by atoms with Crippen LogP contribution in [0.4, 0.5) is 10.8 Å². The van der Waals surface area contributed by atoms with E-state index < -0.39 is 0 Å². The lowest BCUT2D eigenvalue weighted by molar-refractivity contribution is -0.122. The van der Waals surface area contributed by atoms with Crippen LogP contribution >= 0.6 is 11.3 Å². The highest BCUT2D eigenvalue weighted by Gasteiger charge is 2.35. The summed E-state index contributed by atoms with van der Waals surface area (Å²) < 4.78 is 5.22. The maximum atomic E-state index is 12.6. The zero-order chi connectivity index (χ0) is 18.1. The molecule has 0 unspecified atom stereocenters. The van der Waals surface area contributed by atoms with Crippen molar-refractivity contribution >= 4 is 34.0 Å². The fourth-order valence-corrected chi connectivity index (χ4v) is 4.58. The Morgan fingerprint density at radius 1 is 1.35 bits per heavy atom. The number of fused-ring (bicyclic) bond motifs is 1. The van der Waals surface area contributed by atoms with E-state index in [1.54, 1.807) is 23.3 Å². The monoisotopic (exact) mass is 371 g/mol. The Morgan fingerprint density at radius 2 is 2.19 bits per heavy atom. The Morgan fingerprint density at radius 3 is 3.00 bits per heavy atom. The summed E-state index contributed by atoms with van der Waals surface area (Å²) in [6.07, 6.45) is 4.61. The number of carbonyl (C=O) groups excluding carboxylic acids is 2. The van der Waals surface area contributed by atoms with E-state index in [1.165, 1.54) is 11.3 Å². The number of carbonyl (C=O) groups is 2. The molecule has 4 rings (SSSR count). The van der Waals surface area contributed by atoms with Crippen molar-refractivity contribution in [2.45, 2.75) is 32.1 Å². The number of hydrogen-bond acceptors (Lipinski definition) is 5. The second-order valence-electron chi connectivity index (χ2n) is 6.69. The Hall–Kier alpha value is -2.41. The quantitative estimate of drug-likeness (QED) is 0.897. The van der Waals surface area contributed by atoms with Gasteiger partial charge in [-0.15, -0.1) is 11.3 Å². The molecule has 0 radical (unpaired) electrons. The van der Waals surface area contributed by atoms with Gasteiger partial charge in [-0.05, 0) is 37.8 Å². The predicted octanol–water partition coefficient (Wildman–Crippen LogP) is 3.02. The van der Waals surface area contributed by atoms with Crippen LogP contribution in [0.2, 0.25) is 0 Å². The van der Waals surface area contributed by atoms with Gasteiger partial charge in [-0.2, -0.15) is 0 Å². The molecule has 2 aromatic rings. The van der Waals surface area contributed by atoms with E-state index in [0.717, 1.165) is 30.6 Å². The van der Waals surface area contributed by atoms with Gasteiger partial charge < -0.3 is 15.0 Å². The molecule has 0 bridgehead atoms. The molecule has 1 aliphatic carbocycles. The summed E-state index contributed by atoms with van der Waals surface area (Å²) in [7, 11) is 1.59. The molecule has 1 aliphatic heterocycles. The van der Waals surface area contributed by atoms with Crippen molar-refractivity contribution in [3.05, 3.63) is 34.8 Å². The minimum atomic E-state index is -0.366. The summed E-state index contributed by atoms with van der Waals surface area (Å²) in [5.74, 6) is 0.151. The number of nitrogens with zero attached hydrogens (tertiary/aromatic N) is 2. The van der Waals surface area contributed by atoms with Gasteiger partial charge >= 0.3 is 0 Å². The van der Waals surface area contributed by atoms with Crippen molar-refractivity contribution in [1.82, 2.24) is 4.98 Å². The average molecular weight is 371 g/mol. The van der Waals surface area contributed by atoms with Crippen molar-refractivity contribution in [2.75, 3.05) is 23.9 Å². The predicted molar refractivity (Wildman–Crippen MR) is 101 cm³/mol. The maximum Gasteiger partial charge on any atom is 0.231 e. The van der Waals surface area contributed by atoms with Crippen molar-refractivity contribution in [2.24, 2.45) is 5.92 Å². The summed E-state index contributed by atoms with van der Waals surface area (Å²) in [5, 5.41) is 3.58. The number of methoxy groups -OCH3 is 1. The van der Waals surface area contributed by atoms with Crippen LogP contribution < -0.4 is 15.0 Å². The zero-order valence-electron chi connectivity index (χ0n) is 14.7. The van der Waals surface area contributed by atoms with E-state index in [-0.39, 0.29) is 24.2 Å². The first kappa shape index (κ1) is 17.0. The van der Waals surface area contributed by atoms with Crippen LogP contribution in [0.25, 0.3) is 0 Å². The molecular weight excluding hydrogens is 350 g/mol. The fraction of sp³-hybridized carbons (Fsp3) is 0.421. The van der Waals surface area contributed by atoms with Gasteiger partial charge in [0.05, 0.1) is 18.7 Å². The van der Waals surface area contributed by atoms with Gasteiger partial charge in [0.1, 0.15) is 5.75 Å². The van der Waals surface area contributed by atoms with Crippen molar-refractivity contribution < 1.29 is 14.3 Å². The molecule has 0 spiro atoms. The van der Waals surface area contributed by atoms with Gasteiger partial charge in [-0.25, -0.2) is 4.98 Å². The molecule has 1 aromatic heterocycles. The Labute approximate surface area is 156 Å². The number of hydrogen-bond donors (Lipinski definition) is 1. The van der Waals surface area contributed by atoms with Gasteiger partial charge in [0.15, 0.2) is 5.13 Å². The molecule has 2 heterocycles. The van der Waals surface area contributed by atoms with E-state index in [1.807, 2.05) is 24.3 Å². The summed E-state index contributed by atoms with van der Waals surface area (Å²) in [6, 6.07) is 7.34. The maximum absolute atomic E-state index is 12.6. The Bertz CT molecular complexity index is 825. The van der Waals surface area contributed by atoms with Crippen LogP contribution in [0.5, 0.6) is 5.75 Å². The minimum Gasteiger partial charge on any atom is -0.497 e. The highest BCUT2D eigenvalue weighted by Crippen LogP contribution is 2.31. The topological polar surface area (TPSA) is 71.5 Å². The van der Waals surface area contributed by atoms with Crippen LogP contribution in [-0.4, -0.2) is 30.5 Å². The molecule has 1 saturated heterocycles. The molecule has 2 amide bonds. The van der Waals surface area contributed by atoms with Gasteiger partial charge in [0.25, 0.3) is 0 Å². The molecule has 1 aromatic carbocycles. The number of amides is 2. The largest absolute Gasteiger partial charge is 0.497 e. The normalized spacial score (nSPS) is 19.3. The third-order valence-electron chi connectivity index (χ3n) is 4.94. The van der Waals surface area contributed by atoms with Gasteiger partial charge in [-0.3, -0.25) is 9.59 Å². The molecule has 1 fully saturated rings. The van der Waals surface area contributed by atoms with Crippen LogP contribution in [0.3, 0.4) is 0 Å². The SMILES string of the molecule is COc1cccc(N2C[C@@H](C(=O)Nc3nc4c(s3)CCCC4)CC2=O)c1. The molecule has 2 aliphatic rings. The second kappa shape index (κ2) is 7.07. The van der Waals surface area contributed by atoms with Crippen LogP contribution in [-0.2, 0) is 22.4 Å². The molecule has 1 N–H and O–H groups in total. The highest BCUT2D eigenvalue weighted by molar-refractivity contribution is 7.15. The number of benzene rings is 1. The highest BCUT2D eigenvalue weighted by atomic mass is 32.1. The Kier molecular flexibility index (Phi) is 4.63. The minimum absolute atomic E-state index is 0.0446. The smallest absolute Gasteiger partial charge is 0.231 e. The standard InChI is InChI=1S/C19H21N3O3S/c1-25-14-6-4-5-13(10-14)22-11-12(9-17(22)23)18(24)21-19-20-15-7-2-3-8-16(15)26-19/h4-6,10,12H,2-3,7-9,11H2,1H3,(H,20,21,24)/t12-/m0/s1. The number of aromatic nitrogens is 1. The van der Waals surface area contributed by atoms with Crippen LogP contribution in [0.1, 0.15) is 29.8 Å². The number of aryl methyl sites for hydroxylation is 2. The molecule has 0 saturated carbocycles. The lowest BCUT2D eigenvalue weighted by Gasteiger charge is -2.17. The van der Waals surface area contributed by atoms with Crippen molar-refractivity contribution in [3.8, 4) is 5.75 Å². The number of thiazole rings is 1. The molecule has 7 heteroatoms. The van der Waals surface area contributed by atoms with Crippen LogP contribution in [0, 0.1) is 5.92 Å². The summed E-state index contributed by atoms with van der Waals surface area (Å²) in [5.41, 5.74) is 1.88. The lowest BCUT2D eigenvalue weighted by atomic mass is 10.0. The van der Waals surface area contributed by atoms with Gasteiger partial charge in [0, 0.05) is 29.6 Å². The number of rotatable bonds is 4. The lowest BCUT2D eigenvalue weighted by Crippen LogP contribution is -2.28. The third kappa shape index (κ3) is 3.31. The van der Waals surface area contributed by atoms with Gasteiger partial charge in [-0.1, -0.05) is 6.07 Å². The first-order valence-corrected chi connectivity index (χ1v) is 9.69. The van der Waals surface area contributed by atoms with Gasteiger partial charge in [0.2, 0.25) is 11.8 Å². The molecule has 136 valence electrons.